The number of amides is 1. The van der Waals surface area contributed by atoms with Crippen molar-refractivity contribution in [2.75, 3.05) is 20.3 Å². The first-order valence-corrected chi connectivity index (χ1v) is 8.69. The summed E-state index contributed by atoms with van der Waals surface area (Å²) in [4.78, 5) is 14.4. The molecule has 0 aliphatic heterocycles. The summed E-state index contributed by atoms with van der Waals surface area (Å²) < 4.78 is 7.35. The topological polar surface area (TPSA) is 34.5 Å². The Kier molecular flexibility index (Phi) is 7.56. The smallest absolute Gasteiger partial charge is 0.222 e. The van der Waals surface area contributed by atoms with Crippen LogP contribution in [-0.2, 0) is 22.6 Å². The zero-order valence-electron chi connectivity index (χ0n) is 14.8. The number of aromatic nitrogens is 1. The number of hydrogen-bond donors (Lipinski definition) is 0. The molecule has 0 saturated carbocycles. The molecule has 0 radical (unpaired) electrons. The van der Waals surface area contributed by atoms with Crippen LogP contribution in [0.4, 0.5) is 0 Å². The first-order valence-electron chi connectivity index (χ1n) is 8.69. The number of ether oxygens (including phenoxy) is 1. The summed E-state index contributed by atoms with van der Waals surface area (Å²) in [6, 6.07) is 14.5. The zero-order chi connectivity index (χ0) is 17.2. The van der Waals surface area contributed by atoms with Gasteiger partial charge >= 0.3 is 0 Å². The SMILES string of the molecule is CCCC(=O)N(CCCOC)Cc1cccn1Cc1ccccc1. The molecule has 1 aromatic carbocycles. The number of rotatable bonds is 10. The van der Waals surface area contributed by atoms with E-state index in [0.29, 0.717) is 19.6 Å². The average Bonchev–Trinajstić information content (AvgIpc) is 3.02. The minimum atomic E-state index is 0.223. The van der Waals surface area contributed by atoms with Gasteiger partial charge in [0.25, 0.3) is 0 Å². The largest absolute Gasteiger partial charge is 0.385 e. The lowest BCUT2D eigenvalue weighted by molar-refractivity contribution is -0.132. The van der Waals surface area contributed by atoms with Gasteiger partial charge in [-0.2, -0.15) is 0 Å². The second kappa shape index (κ2) is 9.93. The minimum absolute atomic E-state index is 0.223. The van der Waals surface area contributed by atoms with Gasteiger partial charge in [-0.05, 0) is 30.5 Å². The van der Waals surface area contributed by atoms with Crippen molar-refractivity contribution in [3.63, 3.8) is 0 Å². The molecule has 2 aromatic rings. The van der Waals surface area contributed by atoms with Crippen molar-refractivity contribution >= 4 is 5.91 Å². The van der Waals surface area contributed by atoms with Gasteiger partial charge in [-0.3, -0.25) is 4.79 Å². The summed E-state index contributed by atoms with van der Waals surface area (Å²) in [5, 5.41) is 0. The van der Waals surface area contributed by atoms with E-state index in [0.717, 1.165) is 25.9 Å². The summed E-state index contributed by atoms with van der Waals surface area (Å²) in [5.74, 6) is 0.223. The fourth-order valence-corrected chi connectivity index (χ4v) is 2.79. The standard InChI is InChI=1S/C20H28N2O2/c1-3-9-20(23)22(14-8-15-24-2)17-19-12-7-13-21(19)16-18-10-5-4-6-11-18/h4-7,10-13H,3,8-9,14-17H2,1-2H3. The second-order valence-electron chi connectivity index (χ2n) is 6.02. The van der Waals surface area contributed by atoms with E-state index in [2.05, 4.69) is 47.2 Å². The van der Waals surface area contributed by atoms with Crippen molar-refractivity contribution in [1.29, 1.82) is 0 Å². The van der Waals surface area contributed by atoms with Gasteiger partial charge in [0.1, 0.15) is 0 Å². The number of hydrogen-bond acceptors (Lipinski definition) is 2. The molecule has 1 aromatic heterocycles. The van der Waals surface area contributed by atoms with E-state index < -0.39 is 0 Å². The molecule has 0 aliphatic rings. The van der Waals surface area contributed by atoms with Crippen LogP contribution in [0.2, 0.25) is 0 Å². The van der Waals surface area contributed by atoms with Crippen LogP contribution in [0.15, 0.2) is 48.7 Å². The normalized spacial score (nSPS) is 10.8. The van der Waals surface area contributed by atoms with E-state index in [1.165, 1.54) is 11.3 Å². The van der Waals surface area contributed by atoms with Gasteiger partial charge in [0.2, 0.25) is 5.91 Å². The summed E-state index contributed by atoms with van der Waals surface area (Å²) in [7, 11) is 1.70. The minimum Gasteiger partial charge on any atom is -0.385 e. The molecule has 0 saturated heterocycles. The molecular formula is C20H28N2O2. The van der Waals surface area contributed by atoms with Crippen LogP contribution < -0.4 is 0 Å². The summed E-state index contributed by atoms with van der Waals surface area (Å²) in [6.07, 6.45) is 4.43. The Hall–Kier alpha value is -2.07. The predicted octanol–water partition coefficient (Wildman–Crippen LogP) is 3.70. The molecule has 0 aliphatic carbocycles. The molecule has 0 unspecified atom stereocenters. The van der Waals surface area contributed by atoms with Crippen LogP contribution >= 0.6 is 0 Å². The van der Waals surface area contributed by atoms with Gasteiger partial charge < -0.3 is 14.2 Å². The number of nitrogens with zero attached hydrogens (tertiary/aromatic N) is 2. The Labute approximate surface area is 145 Å². The van der Waals surface area contributed by atoms with Crippen molar-refractivity contribution in [3.8, 4) is 0 Å². The third kappa shape index (κ3) is 5.53. The molecule has 0 N–H and O–H groups in total. The molecule has 2 rings (SSSR count). The van der Waals surface area contributed by atoms with E-state index in [4.69, 9.17) is 4.74 Å². The number of carbonyl (C=O) groups is 1. The number of methoxy groups -OCH3 is 1. The van der Waals surface area contributed by atoms with E-state index in [1.807, 2.05) is 17.9 Å². The molecule has 0 bridgehead atoms. The summed E-state index contributed by atoms with van der Waals surface area (Å²) >= 11 is 0. The van der Waals surface area contributed by atoms with Crippen molar-refractivity contribution in [2.24, 2.45) is 0 Å². The fourth-order valence-electron chi connectivity index (χ4n) is 2.79. The Morgan fingerprint density at radius 2 is 1.96 bits per heavy atom. The van der Waals surface area contributed by atoms with Crippen molar-refractivity contribution in [3.05, 3.63) is 59.9 Å². The first kappa shape index (κ1) is 18.3. The van der Waals surface area contributed by atoms with Gasteiger partial charge in [-0.1, -0.05) is 37.3 Å². The quantitative estimate of drug-likeness (QED) is 0.623. The molecule has 0 fully saturated rings. The molecule has 4 heteroatoms. The van der Waals surface area contributed by atoms with Crippen LogP contribution in [0.1, 0.15) is 37.4 Å². The first-order chi connectivity index (χ1) is 11.7. The Morgan fingerprint density at radius 1 is 1.17 bits per heavy atom. The van der Waals surface area contributed by atoms with Crippen molar-refractivity contribution < 1.29 is 9.53 Å². The highest BCUT2D eigenvalue weighted by Gasteiger charge is 2.14. The predicted molar refractivity (Wildman–Crippen MR) is 96.8 cm³/mol. The monoisotopic (exact) mass is 328 g/mol. The molecule has 4 nitrogen and oxygen atoms in total. The maximum absolute atomic E-state index is 12.4. The second-order valence-corrected chi connectivity index (χ2v) is 6.02. The molecule has 1 amide bonds. The highest BCUT2D eigenvalue weighted by molar-refractivity contribution is 5.76. The van der Waals surface area contributed by atoms with Gasteiger partial charge in [0, 0.05) is 45.1 Å². The Bertz CT molecular complexity index is 607. The fraction of sp³-hybridized carbons (Fsp3) is 0.450. The Balaban J connectivity index is 2.05. The summed E-state index contributed by atoms with van der Waals surface area (Å²) in [6.45, 7) is 4.95. The number of benzene rings is 1. The van der Waals surface area contributed by atoms with E-state index in [1.54, 1.807) is 7.11 Å². The maximum Gasteiger partial charge on any atom is 0.222 e. The van der Waals surface area contributed by atoms with Crippen molar-refractivity contribution in [1.82, 2.24) is 9.47 Å². The van der Waals surface area contributed by atoms with Crippen molar-refractivity contribution in [2.45, 2.75) is 39.3 Å². The third-order valence-electron chi connectivity index (χ3n) is 4.07. The van der Waals surface area contributed by atoms with Crippen LogP contribution in [0.5, 0.6) is 0 Å². The van der Waals surface area contributed by atoms with E-state index in [9.17, 15) is 4.79 Å². The van der Waals surface area contributed by atoms with Crippen LogP contribution in [0.25, 0.3) is 0 Å². The van der Waals surface area contributed by atoms with E-state index >= 15 is 0 Å². The van der Waals surface area contributed by atoms with Gasteiger partial charge in [0.15, 0.2) is 0 Å². The van der Waals surface area contributed by atoms with Gasteiger partial charge in [-0.25, -0.2) is 0 Å². The molecular weight excluding hydrogens is 300 g/mol. The molecule has 130 valence electrons. The molecule has 1 heterocycles. The molecule has 0 atom stereocenters. The lowest BCUT2D eigenvalue weighted by atomic mass is 10.2. The molecule has 24 heavy (non-hydrogen) atoms. The highest BCUT2D eigenvalue weighted by atomic mass is 16.5. The summed E-state index contributed by atoms with van der Waals surface area (Å²) in [5.41, 5.74) is 2.43. The van der Waals surface area contributed by atoms with Gasteiger partial charge in [-0.15, -0.1) is 0 Å². The zero-order valence-corrected chi connectivity index (χ0v) is 14.8. The lowest BCUT2D eigenvalue weighted by Crippen LogP contribution is -2.32. The lowest BCUT2D eigenvalue weighted by Gasteiger charge is -2.23. The van der Waals surface area contributed by atoms with E-state index in [-0.39, 0.29) is 5.91 Å². The average molecular weight is 328 g/mol. The van der Waals surface area contributed by atoms with Crippen LogP contribution in [-0.4, -0.2) is 35.6 Å². The molecule has 0 spiro atoms. The third-order valence-corrected chi connectivity index (χ3v) is 4.07. The van der Waals surface area contributed by atoms with Crippen LogP contribution in [0, 0.1) is 0 Å². The maximum atomic E-state index is 12.4. The Morgan fingerprint density at radius 3 is 2.67 bits per heavy atom. The van der Waals surface area contributed by atoms with Gasteiger partial charge in [0.05, 0.1) is 6.54 Å². The van der Waals surface area contributed by atoms with Crippen LogP contribution in [0.3, 0.4) is 0 Å². The highest BCUT2D eigenvalue weighted by Crippen LogP contribution is 2.12. The number of carbonyl (C=O) groups excluding carboxylic acids is 1.